The van der Waals surface area contributed by atoms with Crippen molar-refractivity contribution in [2.45, 2.75) is 33.4 Å². The number of nitrogens with zero attached hydrogens (tertiary/aromatic N) is 2. The summed E-state index contributed by atoms with van der Waals surface area (Å²) in [6.07, 6.45) is 0. The summed E-state index contributed by atoms with van der Waals surface area (Å²) in [4.78, 5) is 28.2. The second kappa shape index (κ2) is 8.24. The van der Waals surface area contributed by atoms with Crippen LogP contribution in [0.25, 0.3) is 0 Å². The first-order valence-electron chi connectivity index (χ1n) is 8.41. The standard InChI is InChI=1S/C18H26FN3O2/c1-13(2)11-22-9-8-21(14(3)18(22)24)12-17(23)20-10-15-6-4-5-7-16(15)19/h4-7,13-14H,8-12H2,1-3H3,(H,20,23)/t14-/m1/s1. The molecule has 0 saturated carbocycles. The Morgan fingerprint density at radius 2 is 2.04 bits per heavy atom. The van der Waals surface area contributed by atoms with E-state index in [-0.39, 0.29) is 36.8 Å². The number of halogens is 1. The first-order valence-corrected chi connectivity index (χ1v) is 8.41. The molecule has 5 nitrogen and oxygen atoms in total. The van der Waals surface area contributed by atoms with E-state index < -0.39 is 0 Å². The van der Waals surface area contributed by atoms with Crippen LogP contribution in [0.3, 0.4) is 0 Å². The molecule has 1 fully saturated rings. The van der Waals surface area contributed by atoms with E-state index in [4.69, 9.17) is 0 Å². The topological polar surface area (TPSA) is 52.6 Å². The van der Waals surface area contributed by atoms with Crippen molar-refractivity contribution in [2.24, 2.45) is 5.92 Å². The monoisotopic (exact) mass is 335 g/mol. The minimum Gasteiger partial charge on any atom is -0.351 e. The summed E-state index contributed by atoms with van der Waals surface area (Å²) in [7, 11) is 0. The number of benzene rings is 1. The van der Waals surface area contributed by atoms with Gasteiger partial charge < -0.3 is 10.2 Å². The number of nitrogens with one attached hydrogen (secondary N) is 1. The maximum atomic E-state index is 13.5. The average molecular weight is 335 g/mol. The Bertz CT molecular complexity index is 591. The van der Waals surface area contributed by atoms with E-state index in [2.05, 4.69) is 19.2 Å². The summed E-state index contributed by atoms with van der Waals surface area (Å²) in [5, 5.41) is 2.72. The molecule has 1 atom stereocenters. The van der Waals surface area contributed by atoms with E-state index in [1.165, 1.54) is 6.07 Å². The van der Waals surface area contributed by atoms with Gasteiger partial charge in [-0.05, 0) is 18.9 Å². The van der Waals surface area contributed by atoms with Crippen LogP contribution >= 0.6 is 0 Å². The molecule has 0 bridgehead atoms. The number of amides is 2. The van der Waals surface area contributed by atoms with Gasteiger partial charge in [0.15, 0.2) is 0 Å². The van der Waals surface area contributed by atoms with E-state index >= 15 is 0 Å². The van der Waals surface area contributed by atoms with Gasteiger partial charge in [-0.25, -0.2) is 4.39 Å². The maximum absolute atomic E-state index is 13.5. The van der Waals surface area contributed by atoms with Crippen molar-refractivity contribution in [3.8, 4) is 0 Å². The third kappa shape index (κ3) is 4.77. The van der Waals surface area contributed by atoms with Gasteiger partial charge in [0.25, 0.3) is 0 Å². The molecule has 132 valence electrons. The van der Waals surface area contributed by atoms with E-state index in [1.807, 2.05) is 16.7 Å². The van der Waals surface area contributed by atoms with Crippen LogP contribution in [0.1, 0.15) is 26.3 Å². The highest BCUT2D eigenvalue weighted by atomic mass is 19.1. The number of carbonyl (C=O) groups excluding carboxylic acids is 2. The van der Waals surface area contributed by atoms with Gasteiger partial charge in [-0.1, -0.05) is 32.0 Å². The number of piperazine rings is 1. The molecule has 0 radical (unpaired) electrons. The Labute approximate surface area is 142 Å². The fourth-order valence-corrected chi connectivity index (χ4v) is 2.89. The van der Waals surface area contributed by atoms with Crippen LogP contribution in [0.15, 0.2) is 24.3 Å². The first kappa shape index (κ1) is 18.4. The van der Waals surface area contributed by atoms with Gasteiger partial charge in [-0.3, -0.25) is 14.5 Å². The van der Waals surface area contributed by atoms with Gasteiger partial charge >= 0.3 is 0 Å². The van der Waals surface area contributed by atoms with E-state index in [0.29, 0.717) is 24.6 Å². The quantitative estimate of drug-likeness (QED) is 0.860. The van der Waals surface area contributed by atoms with E-state index in [9.17, 15) is 14.0 Å². The van der Waals surface area contributed by atoms with E-state index in [0.717, 1.165) is 6.54 Å². The normalized spacial score (nSPS) is 19.0. The van der Waals surface area contributed by atoms with Gasteiger partial charge in [0.05, 0.1) is 12.6 Å². The van der Waals surface area contributed by atoms with Crippen molar-refractivity contribution in [1.82, 2.24) is 15.1 Å². The summed E-state index contributed by atoms with van der Waals surface area (Å²) in [5.74, 6) is -0.0347. The Kier molecular flexibility index (Phi) is 6.31. The molecule has 2 rings (SSSR count). The molecule has 1 N–H and O–H groups in total. The lowest BCUT2D eigenvalue weighted by atomic mass is 10.1. The van der Waals surface area contributed by atoms with Crippen molar-refractivity contribution in [3.05, 3.63) is 35.6 Å². The molecule has 0 unspecified atom stereocenters. The first-order chi connectivity index (χ1) is 11.4. The molecule has 0 aromatic heterocycles. The highest BCUT2D eigenvalue weighted by Crippen LogP contribution is 2.13. The van der Waals surface area contributed by atoms with Crippen molar-refractivity contribution in [1.29, 1.82) is 0 Å². The fraction of sp³-hybridized carbons (Fsp3) is 0.556. The van der Waals surface area contributed by atoms with Crippen LogP contribution in [-0.2, 0) is 16.1 Å². The third-order valence-corrected chi connectivity index (χ3v) is 4.24. The third-order valence-electron chi connectivity index (χ3n) is 4.24. The SMILES string of the molecule is CC(C)CN1CCN(CC(=O)NCc2ccccc2F)[C@H](C)C1=O. The van der Waals surface area contributed by atoms with Gasteiger partial charge in [0.2, 0.25) is 11.8 Å². The summed E-state index contributed by atoms with van der Waals surface area (Å²) >= 11 is 0. The molecule has 0 spiro atoms. The number of hydrogen-bond acceptors (Lipinski definition) is 3. The second-order valence-electron chi connectivity index (χ2n) is 6.69. The summed E-state index contributed by atoms with van der Waals surface area (Å²) < 4.78 is 13.5. The molecule has 2 amide bonds. The minimum absolute atomic E-state index is 0.0665. The van der Waals surface area contributed by atoms with Crippen LogP contribution in [0.5, 0.6) is 0 Å². The zero-order chi connectivity index (χ0) is 17.7. The molecular formula is C18H26FN3O2. The molecule has 1 heterocycles. The fourth-order valence-electron chi connectivity index (χ4n) is 2.89. The second-order valence-corrected chi connectivity index (χ2v) is 6.69. The number of rotatable bonds is 6. The van der Waals surface area contributed by atoms with Crippen molar-refractivity contribution in [3.63, 3.8) is 0 Å². The lowest BCUT2D eigenvalue weighted by molar-refractivity contribution is -0.142. The summed E-state index contributed by atoms with van der Waals surface area (Å²) in [6, 6.07) is 6.06. The maximum Gasteiger partial charge on any atom is 0.239 e. The van der Waals surface area contributed by atoms with Gasteiger partial charge in [-0.2, -0.15) is 0 Å². The number of hydrogen-bond donors (Lipinski definition) is 1. The molecule has 1 aromatic carbocycles. The van der Waals surface area contributed by atoms with Crippen molar-refractivity contribution in [2.75, 3.05) is 26.2 Å². The average Bonchev–Trinajstić information content (AvgIpc) is 2.53. The Morgan fingerprint density at radius 1 is 1.33 bits per heavy atom. The zero-order valence-electron chi connectivity index (χ0n) is 14.6. The molecular weight excluding hydrogens is 309 g/mol. The lowest BCUT2D eigenvalue weighted by Gasteiger charge is -2.39. The summed E-state index contributed by atoms with van der Waals surface area (Å²) in [5.41, 5.74) is 0.455. The molecule has 0 aliphatic carbocycles. The van der Waals surface area contributed by atoms with Gasteiger partial charge in [0.1, 0.15) is 5.82 Å². The lowest BCUT2D eigenvalue weighted by Crippen LogP contribution is -2.58. The molecule has 1 aliphatic heterocycles. The van der Waals surface area contributed by atoms with Crippen LogP contribution in [0, 0.1) is 11.7 Å². The Balaban J connectivity index is 1.84. The van der Waals surface area contributed by atoms with Crippen LogP contribution in [-0.4, -0.2) is 53.8 Å². The predicted molar refractivity (Wildman–Crippen MR) is 90.7 cm³/mol. The van der Waals surface area contributed by atoms with Crippen LogP contribution in [0.2, 0.25) is 0 Å². The zero-order valence-corrected chi connectivity index (χ0v) is 14.6. The van der Waals surface area contributed by atoms with Gasteiger partial charge in [-0.15, -0.1) is 0 Å². The molecule has 1 saturated heterocycles. The number of carbonyl (C=O) groups is 2. The molecule has 24 heavy (non-hydrogen) atoms. The largest absolute Gasteiger partial charge is 0.351 e. The Morgan fingerprint density at radius 3 is 2.71 bits per heavy atom. The molecule has 1 aromatic rings. The molecule has 1 aliphatic rings. The highest BCUT2D eigenvalue weighted by molar-refractivity contribution is 5.84. The molecule has 6 heteroatoms. The van der Waals surface area contributed by atoms with Crippen LogP contribution in [0.4, 0.5) is 4.39 Å². The summed E-state index contributed by atoms with van der Waals surface area (Å²) in [6.45, 7) is 8.36. The predicted octanol–water partition coefficient (Wildman–Crippen LogP) is 1.63. The highest BCUT2D eigenvalue weighted by Gasteiger charge is 2.32. The smallest absolute Gasteiger partial charge is 0.239 e. The van der Waals surface area contributed by atoms with Gasteiger partial charge in [0, 0.05) is 31.7 Å². The Hall–Kier alpha value is -1.95. The minimum atomic E-state index is -0.330. The van der Waals surface area contributed by atoms with E-state index in [1.54, 1.807) is 18.2 Å². The van der Waals surface area contributed by atoms with Crippen molar-refractivity contribution < 1.29 is 14.0 Å². The van der Waals surface area contributed by atoms with Crippen molar-refractivity contribution >= 4 is 11.8 Å². The van der Waals surface area contributed by atoms with Crippen LogP contribution < -0.4 is 5.32 Å².